The Balaban J connectivity index is 1.04. The number of aromatic nitrogens is 4. The van der Waals surface area contributed by atoms with Gasteiger partial charge >= 0.3 is 6.09 Å². The van der Waals surface area contributed by atoms with Gasteiger partial charge in [-0.05, 0) is 101 Å². The number of likely N-dealkylation sites (tertiary alicyclic amines) is 1. The van der Waals surface area contributed by atoms with Gasteiger partial charge in [0.15, 0.2) is 0 Å². The number of fused-ring (bicyclic) bond motifs is 1. The number of carbonyl (C=O) groups is 2. The number of ether oxygens (including phenoxy) is 2. The number of hydrogen-bond donors (Lipinski definition) is 3. The molecule has 3 N–H and O–H groups in total. The lowest BCUT2D eigenvalue weighted by molar-refractivity contribution is 0.0470. The molecule has 13 nitrogen and oxygen atoms in total. The Labute approximate surface area is 325 Å². The lowest BCUT2D eigenvalue weighted by Gasteiger charge is -2.35. The summed E-state index contributed by atoms with van der Waals surface area (Å²) in [7, 11) is -1.25. The van der Waals surface area contributed by atoms with E-state index < -0.39 is 13.7 Å². The summed E-state index contributed by atoms with van der Waals surface area (Å²) in [5.74, 6) is 0.697. The predicted octanol–water partition coefficient (Wildman–Crippen LogP) is 6.49. The second-order valence-corrected chi connectivity index (χ2v) is 23.3. The summed E-state index contributed by atoms with van der Waals surface area (Å²) >= 11 is 0. The number of piperidine rings is 1. The SMILES string of the molecule is CC(C)(C)OC(=O)N[C@@H]1CCCN(Cc2ccnc(C(=O)Nc3ccc(-c4cc5c(N6CCNC7(CC7)C6)ncnc5n4COCC[Si](C)(C)C)cc3)c2)C1. The van der Waals surface area contributed by atoms with Crippen LogP contribution >= 0.6 is 0 Å². The van der Waals surface area contributed by atoms with Crippen molar-refractivity contribution in [1.29, 1.82) is 0 Å². The fraction of sp³-hybridized carbons (Fsp3) is 0.537. The van der Waals surface area contributed by atoms with E-state index in [1.54, 1.807) is 12.5 Å². The Kier molecular flexibility index (Phi) is 11.3. The maximum absolute atomic E-state index is 13.4. The summed E-state index contributed by atoms with van der Waals surface area (Å²) in [5, 5.41) is 10.8. The zero-order valence-electron chi connectivity index (χ0n) is 33.3. The molecule has 5 heterocycles. The van der Waals surface area contributed by atoms with Crippen LogP contribution in [-0.2, 0) is 22.7 Å². The highest BCUT2D eigenvalue weighted by Gasteiger charge is 2.46. The van der Waals surface area contributed by atoms with Crippen molar-refractivity contribution in [2.75, 3.05) is 49.5 Å². The standard InChI is InChI=1S/C41H57N9O4Si/c1-40(2,3)54-39(52)47-32-8-7-18-48(25-32)24-29-13-16-42-34(22-29)38(51)46-31-11-9-30(10-12-31)35-23-33-36(49-19-17-45-41(26-49)14-15-41)43-27-44-37(33)50(35)28-53-20-21-55(4,5)6/h9-13,16,22-23,27,32,45H,7-8,14-15,17-21,24-26,28H2,1-6H3,(H,46,51)(H,47,52)/t32-/m1/s1. The third-order valence-electron chi connectivity index (χ3n) is 10.5. The largest absolute Gasteiger partial charge is 0.444 e. The van der Waals surface area contributed by atoms with E-state index in [-0.39, 0.29) is 23.6 Å². The number of amides is 2. The smallest absolute Gasteiger partial charge is 0.407 e. The van der Waals surface area contributed by atoms with Crippen molar-refractivity contribution in [1.82, 2.24) is 35.1 Å². The summed E-state index contributed by atoms with van der Waals surface area (Å²) < 4.78 is 13.9. The van der Waals surface area contributed by atoms with E-state index in [0.717, 1.165) is 78.7 Å². The van der Waals surface area contributed by atoms with Crippen LogP contribution < -0.4 is 20.9 Å². The second kappa shape index (κ2) is 16.0. The number of nitrogens with one attached hydrogen (secondary N) is 3. The van der Waals surface area contributed by atoms with E-state index in [9.17, 15) is 9.59 Å². The maximum atomic E-state index is 13.4. The minimum absolute atomic E-state index is 0.0111. The van der Waals surface area contributed by atoms with Crippen molar-refractivity contribution in [3.05, 3.63) is 66.2 Å². The fourth-order valence-corrected chi connectivity index (χ4v) is 8.25. The van der Waals surface area contributed by atoms with Crippen LogP contribution in [0.2, 0.25) is 25.7 Å². The van der Waals surface area contributed by atoms with E-state index in [1.807, 2.05) is 57.2 Å². The molecular formula is C41H57N9O4Si. The molecule has 2 amide bonds. The normalized spacial score (nSPS) is 18.7. The van der Waals surface area contributed by atoms with Crippen LogP contribution in [0, 0.1) is 0 Å². The van der Waals surface area contributed by atoms with Gasteiger partial charge in [-0.2, -0.15) is 0 Å². The predicted molar refractivity (Wildman–Crippen MR) is 219 cm³/mol. The van der Waals surface area contributed by atoms with E-state index in [2.05, 4.69) is 61.0 Å². The van der Waals surface area contributed by atoms with Gasteiger partial charge < -0.3 is 34.9 Å². The highest BCUT2D eigenvalue weighted by atomic mass is 28.3. The quantitative estimate of drug-likeness (QED) is 0.108. The van der Waals surface area contributed by atoms with Gasteiger partial charge in [0.05, 0.1) is 11.1 Å². The number of piperazine rings is 1. The van der Waals surface area contributed by atoms with Crippen molar-refractivity contribution in [2.45, 2.75) is 103 Å². The first-order chi connectivity index (χ1) is 26.2. The van der Waals surface area contributed by atoms with Gasteiger partial charge in [0.1, 0.15) is 35.8 Å². The monoisotopic (exact) mass is 767 g/mol. The molecule has 0 radical (unpaired) electrons. The average molecular weight is 768 g/mol. The first-order valence-electron chi connectivity index (χ1n) is 19.7. The van der Waals surface area contributed by atoms with Crippen molar-refractivity contribution in [3.63, 3.8) is 0 Å². The molecule has 0 unspecified atom stereocenters. The fourth-order valence-electron chi connectivity index (χ4n) is 7.49. The molecule has 3 aromatic heterocycles. The average Bonchev–Trinajstić information content (AvgIpc) is 3.76. The number of carbonyl (C=O) groups excluding carboxylic acids is 2. The van der Waals surface area contributed by atoms with Gasteiger partial charge in [0.2, 0.25) is 0 Å². The van der Waals surface area contributed by atoms with Gasteiger partial charge in [-0.15, -0.1) is 0 Å². The minimum atomic E-state index is -1.25. The highest BCUT2D eigenvalue weighted by Crippen LogP contribution is 2.40. The first kappa shape index (κ1) is 38.9. The molecule has 1 atom stereocenters. The lowest BCUT2D eigenvalue weighted by atomic mass is 10.0. The van der Waals surface area contributed by atoms with Gasteiger partial charge in [0.25, 0.3) is 5.91 Å². The van der Waals surface area contributed by atoms with Crippen LogP contribution in [0.3, 0.4) is 0 Å². The van der Waals surface area contributed by atoms with Crippen LogP contribution in [0.1, 0.15) is 62.5 Å². The third-order valence-corrected chi connectivity index (χ3v) is 12.2. The van der Waals surface area contributed by atoms with E-state index in [0.29, 0.717) is 37.8 Å². The number of alkyl carbamates (subject to hydrolysis) is 1. The zero-order chi connectivity index (χ0) is 38.8. The van der Waals surface area contributed by atoms with Gasteiger partial charge in [0, 0.05) is 70.9 Å². The molecule has 1 aliphatic carbocycles. The molecule has 55 heavy (non-hydrogen) atoms. The summed E-state index contributed by atoms with van der Waals surface area (Å²) in [6, 6.07) is 15.0. The maximum Gasteiger partial charge on any atom is 0.407 e. The number of hydrogen-bond acceptors (Lipinski definition) is 10. The van der Waals surface area contributed by atoms with E-state index in [4.69, 9.17) is 19.4 Å². The molecule has 3 aliphatic rings. The van der Waals surface area contributed by atoms with E-state index in [1.165, 1.54) is 12.8 Å². The minimum Gasteiger partial charge on any atom is -0.444 e. The number of anilines is 2. The summed E-state index contributed by atoms with van der Waals surface area (Å²) in [4.78, 5) is 44.4. The Bertz CT molecular complexity index is 1980. The topological polar surface area (TPSA) is 139 Å². The number of rotatable bonds is 12. The molecule has 7 rings (SSSR count). The molecule has 1 saturated carbocycles. The van der Waals surface area contributed by atoms with Crippen LogP contribution in [-0.4, -0.2) is 101 Å². The van der Waals surface area contributed by atoms with Crippen LogP contribution in [0.15, 0.2) is 55.0 Å². The van der Waals surface area contributed by atoms with Crippen molar-refractivity contribution in [3.8, 4) is 11.3 Å². The molecule has 3 fully saturated rings. The van der Waals surface area contributed by atoms with Gasteiger partial charge in [-0.3, -0.25) is 14.7 Å². The molecule has 0 bridgehead atoms. The van der Waals surface area contributed by atoms with Gasteiger partial charge in [-0.25, -0.2) is 14.8 Å². The first-order valence-corrected chi connectivity index (χ1v) is 23.4. The second-order valence-electron chi connectivity index (χ2n) is 17.7. The third kappa shape index (κ3) is 10.1. The molecular weight excluding hydrogens is 711 g/mol. The summed E-state index contributed by atoms with van der Waals surface area (Å²) in [6.07, 6.45) is 7.24. The number of benzene rings is 1. The Morgan fingerprint density at radius 2 is 1.84 bits per heavy atom. The molecule has 2 saturated heterocycles. The van der Waals surface area contributed by atoms with Crippen molar-refractivity contribution >= 4 is 42.6 Å². The molecule has 4 aromatic rings. The van der Waals surface area contributed by atoms with Crippen molar-refractivity contribution in [2.24, 2.45) is 0 Å². The lowest BCUT2D eigenvalue weighted by Crippen LogP contribution is -2.52. The van der Waals surface area contributed by atoms with Crippen LogP contribution in [0.4, 0.5) is 16.3 Å². The molecule has 1 aromatic carbocycles. The van der Waals surface area contributed by atoms with E-state index >= 15 is 0 Å². The Hall–Kier alpha value is -4.37. The number of nitrogens with zero attached hydrogens (tertiary/aromatic N) is 6. The van der Waals surface area contributed by atoms with Crippen LogP contribution in [0.25, 0.3) is 22.3 Å². The summed E-state index contributed by atoms with van der Waals surface area (Å²) in [6.45, 7) is 18.8. The highest BCUT2D eigenvalue weighted by molar-refractivity contribution is 6.76. The Morgan fingerprint density at radius 1 is 1.04 bits per heavy atom. The molecule has 14 heteroatoms. The summed E-state index contributed by atoms with van der Waals surface area (Å²) in [5.41, 5.74) is 4.55. The zero-order valence-corrected chi connectivity index (χ0v) is 34.3. The molecule has 294 valence electrons. The van der Waals surface area contributed by atoms with Crippen LogP contribution in [0.5, 0.6) is 0 Å². The number of pyridine rings is 1. The molecule has 1 spiro atoms. The van der Waals surface area contributed by atoms with Crippen molar-refractivity contribution < 1.29 is 19.1 Å². The molecule has 2 aliphatic heterocycles. The van der Waals surface area contributed by atoms with Gasteiger partial charge in [-0.1, -0.05) is 31.8 Å². The Morgan fingerprint density at radius 3 is 2.58 bits per heavy atom.